The molecule has 0 saturated carbocycles. The number of anilines is 1. The third-order valence-electron chi connectivity index (χ3n) is 3.56. The van der Waals surface area contributed by atoms with Crippen LogP contribution in [0.2, 0.25) is 0 Å². The quantitative estimate of drug-likeness (QED) is 0.940. The molecular formula is C15H18N4O3. The highest BCUT2D eigenvalue weighted by molar-refractivity contribution is 5.88. The van der Waals surface area contributed by atoms with Crippen LogP contribution >= 0.6 is 0 Å². The first-order valence-electron chi connectivity index (χ1n) is 7.29. The number of aromatic nitrogens is 2. The Morgan fingerprint density at radius 2 is 2.36 bits per heavy atom. The molecule has 3 heterocycles. The number of morpholine rings is 1. The molecular weight excluding hydrogens is 284 g/mol. The zero-order valence-electron chi connectivity index (χ0n) is 12.4. The molecule has 2 aromatic rings. The second kappa shape index (κ2) is 6.57. The van der Waals surface area contributed by atoms with E-state index in [1.54, 1.807) is 23.2 Å². The van der Waals surface area contributed by atoms with E-state index in [4.69, 9.17) is 9.15 Å². The minimum atomic E-state index is -0.233. The van der Waals surface area contributed by atoms with Crippen molar-refractivity contribution in [1.29, 1.82) is 0 Å². The summed E-state index contributed by atoms with van der Waals surface area (Å²) in [5.74, 6) is 2.06. The number of carbonyl (C=O) groups excluding carboxylic acids is 1. The highest BCUT2D eigenvalue weighted by Crippen LogP contribution is 2.26. The van der Waals surface area contributed by atoms with Gasteiger partial charge in [-0.25, -0.2) is 4.79 Å². The van der Waals surface area contributed by atoms with E-state index < -0.39 is 0 Å². The second-order valence-corrected chi connectivity index (χ2v) is 4.98. The number of nitrogens with zero attached hydrogens (tertiary/aromatic N) is 3. The predicted octanol–water partition coefficient (Wildman–Crippen LogP) is 2.24. The number of hydrogen-bond acceptors (Lipinski definition) is 5. The Labute approximate surface area is 128 Å². The molecule has 1 saturated heterocycles. The van der Waals surface area contributed by atoms with E-state index in [1.807, 2.05) is 19.1 Å². The lowest BCUT2D eigenvalue weighted by Crippen LogP contribution is -2.45. The first-order valence-corrected chi connectivity index (χ1v) is 7.29. The highest BCUT2D eigenvalue weighted by atomic mass is 16.5. The molecule has 0 aromatic carbocycles. The molecule has 7 nitrogen and oxygen atoms in total. The molecule has 2 aromatic heterocycles. The van der Waals surface area contributed by atoms with Gasteiger partial charge in [0.05, 0.1) is 13.2 Å². The SMILES string of the molecule is CCc1ccc(C2COCCN2C(=O)Nc2cccnn2)o1. The molecule has 0 radical (unpaired) electrons. The molecule has 7 heteroatoms. The number of amides is 2. The topological polar surface area (TPSA) is 80.5 Å². The fourth-order valence-corrected chi connectivity index (χ4v) is 2.40. The molecule has 0 bridgehead atoms. The van der Waals surface area contributed by atoms with Crippen molar-refractivity contribution in [1.82, 2.24) is 15.1 Å². The van der Waals surface area contributed by atoms with Gasteiger partial charge in [-0.1, -0.05) is 6.92 Å². The summed E-state index contributed by atoms with van der Waals surface area (Å²) in [6.07, 6.45) is 2.38. The number of carbonyl (C=O) groups is 1. The number of rotatable bonds is 3. The summed E-state index contributed by atoms with van der Waals surface area (Å²) in [7, 11) is 0. The van der Waals surface area contributed by atoms with Gasteiger partial charge in [0.2, 0.25) is 0 Å². The van der Waals surface area contributed by atoms with Crippen molar-refractivity contribution in [2.24, 2.45) is 0 Å². The lowest BCUT2D eigenvalue weighted by atomic mass is 10.2. The van der Waals surface area contributed by atoms with E-state index in [-0.39, 0.29) is 12.1 Å². The van der Waals surface area contributed by atoms with Gasteiger partial charge in [0.25, 0.3) is 0 Å². The molecule has 0 aliphatic carbocycles. The first-order chi connectivity index (χ1) is 10.8. The summed E-state index contributed by atoms with van der Waals surface area (Å²) in [4.78, 5) is 14.2. The molecule has 1 aliphatic heterocycles. The van der Waals surface area contributed by atoms with Crippen LogP contribution in [0.5, 0.6) is 0 Å². The van der Waals surface area contributed by atoms with Crippen molar-refractivity contribution >= 4 is 11.8 Å². The second-order valence-electron chi connectivity index (χ2n) is 4.98. The summed E-state index contributed by atoms with van der Waals surface area (Å²) in [5, 5.41) is 10.4. The molecule has 116 valence electrons. The van der Waals surface area contributed by atoms with Gasteiger partial charge >= 0.3 is 6.03 Å². The number of aryl methyl sites for hydroxylation is 1. The number of hydrogen-bond donors (Lipinski definition) is 1. The summed E-state index contributed by atoms with van der Waals surface area (Å²) >= 11 is 0. The lowest BCUT2D eigenvalue weighted by Gasteiger charge is -2.34. The van der Waals surface area contributed by atoms with Crippen LogP contribution in [0.25, 0.3) is 0 Å². The number of urea groups is 1. The minimum absolute atomic E-state index is 0.231. The van der Waals surface area contributed by atoms with Crippen LogP contribution in [0.1, 0.15) is 24.5 Å². The van der Waals surface area contributed by atoms with Gasteiger partial charge in [-0.15, -0.1) is 5.10 Å². The normalized spacial score (nSPS) is 18.2. The molecule has 1 aliphatic rings. The van der Waals surface area contributed by atoms with Crippen molar-refractivity contribution in [3.63, 3.8) is 0 Å². The number of nitrogens with one attached hydrogen (secondary N) is 1. The molecule has 1 atom stereocenters. The van der Waals surface area contributed by atoms with Crippen LogP contribution in [0.15, 0.2) is 34.9 Å². The van der Waals surface area contributed by atoms with Crippen molar-refractivity contribution in [2.45, 2.75) is 19.4 Å². The zero-order chi connectivity index (χ0) is 15.4. The molecule has 2 amide bonds. The van der Waals surface area contributed by atoms with Gasteiger partial charge in [-0.3, -0.25) is 5.32 Å². The van der Waals surface area contributed by atoms with Crippen molar-refractivity contribution < 1.29 is 13.9 Å². The zero-order valence-corrected chi connectivity index (χ0v) is 12.4. The number of furan rings is 1. The molecule has 1 fully saturated rings. The third kappa shape index (κ3) is 3.09. The van der Waals surface area contributed by atoms with Crippen LogP contribution in [0.4, 0.5) is 10.6 Å². The van der Waals surface area contributed by atoms with Crippen molar-refractivity contribution in [2.75, 3.05) is 25.1 Å². The minimum Gasteiger partial charge on any atom is -0.464 e. The maximum atomic E-state index is 12.5. The molecule has 0 spiro atoms. The fourth-order valence-electron chi connectivity index (χ4n) is 2.40. The summed E-state index contributed by atoms with van der Waals surface area (Å²) in [5.41, 5.74) is 0. The average molecular weight is 302 g/mol. The van der Waals surface area contributed by atoms with Crippen LogP contribution in [0, 0.1) is 0 Å². The van der Waals surface area contributed by atoms with E-state index in [0.717, 1.165) is 17.9 Å². The Hall–Kier alpha value is -2.41. The van der Waals surface area contributed by atoms with Crippen LogP contribution in [-0.4, -0.2) is 40.9 Å². The van der Waals surface area contributed by atoms with Crippen molar-refractivity contribution in [3.8, 4) is 0 Å². The smallest absolute Gasteiger partial charge is 0.323 e. The van der Waals surface area contributed by atoms with E-state index in [2.05, 4.69) is 15.5 Å². The van der Waals surface area contributed by atoms with E-state index >= 15 is 0 Å². The van der Waals surface area contributed by atoms with Crippen LogP contribution in [-0.2, 0) is 11.2 Å². The van der Waals surface area contributed by atoms with E-state index in [1.165, 1.54) is 0 Å². The van der Waals surface area contributed by atoms with Gasteiger partial charge in [-0.05, 0) is 24.3 Å². The van der Waals surface area contributed by atoms with Crippen molar-refractivity contribution in [3.05, 3.63) is 42.0 Å². The van der Waals surface area contributed by atoms with Gasteiger partial charge < -0.3 is 14.1 Å². The predicted molar refractivity (Wildman–Crippen MR) is 79.4 cm³/mol. The maximum Gasteiger partial charge on any atom is 0.323 e. The van der Waals surface area contributed by atoms with Gasteiger partial charge in [0, 0.05) is 19.2 Å². The standard InChI is InChI=1S/C15H18N4O3/c1-2-11-5-6-13(22-11)12-10-21-9-8-19(12)15(20)17-14-4-3-7-16-18-14/h3-7,12H,2,8-10H2,1H3,(H,17,18,20). The van der Waals surface area contributed by atoms with E-state index in [9.17, 15) is 4.79 Å². The Balaban J connectivity index is 1.75. The maximum absolute atomic E-state index is 12.5. The summed E-state index contributed by atoms with van der Waals surface area (Å²) in [6.45, 7) is 3.45. The largest absolute Gasteiger partial charge is 0.464 e. The Morgan fingerprint density at radius 1 is 1.45 bits per heavy atom. The molecule has 3 rings (SSSR count). The van der Waals surface area contributed by atoms with Gasteiger partial charge in [-0.2, -0.15) is 5.10 Å². The molecule has 1 N–H and O–H groups in total. The lowest BCUT2D eigenvalue weighted by molar-refractivity contribution is 0.00700. The summed E-state index contributed by atoms with van der Waals surface area (Å²) in [6, 6.07) is 6.79. The average Bonchev–Trinajstić information content (AvgIpc) is 3.05. The molecule has 1 unspecified atom stereocenters. The van der Waals surface area contributed by atoms with Crippen LogP contribution < -0.4 is 5.32 Å². The van der Waals surface area contributed by atoms with Gasteiger partial charge in [0.1, 0.15) is 17.6 Å². The first kappa shape index (κ1) is 14.5. The van der Waals surface area contributed by atoms with Crippen LogP contribution in [0.3, 0.4) is 0 Å². The Kier molecular flexibility index (Phi) is 4.34. The van der Waals surface area contributed by atoms with E-state index in [0.29, 0.717) is 25.6 Å². The fraction of sp³-hybridized carbons (Fsp3) is 0.400. The third-order valence-corrected chi connectivity index (χ3v) is 3.56. The Morgan fingerprint density at radius 3 is 3.09 bits per heavy atom. The highest BCUT2D eigenvalue weighted by Gasteiger charge is 2.31. The molecule has 22 heavy (non-hydrogen) atoms. The number of ether oxygens (including phenoxy) is 1. The monoisotopic (exact) mass is 302 g/mol. The van der Waals surface area contributed by atoms with Gasteiger partial charge in [0.15, 0.2) is 5.82 Å². The summed E-state index contributed by atoms with van der Waals surface area (Å²) < 4.78 is 11.3. The Bertz CT molecular complexity index is 629.